The summed E-state index contributed by atoms with van der Waals surface area (Å²) in [6.45, 7) is 0. The molecule has 2 nitrogen and oxygen atoms in total. The van der Waals surface area contributed by atoms with Gasteiger partial charge in [-0.2, -0.15) is 0 Å². The zero-order valence-corrected chi connectivity index (χ0v) is 7.71. The number of fused-ring (bicyclic) bond motifs is 1. The Bertz CT molecular complexity index is 333. The molecule has 2 heteroatoms. The molecule has 1 aromatic carbocycles. The van der Waals surface area contributed by atoms with Crippen molar-refractivity contribution < 1.29 is 4.79 Å². The van der Waals surface area contributed by atoms with Crippen LogP contribution in [-0.2, 0) is 11.2 Å². The Labute approximate surface area is 78.0 Å². The van der Waals surface area contributed by atoms with Crippen LogP contribution in [0.3, 0.4) is 0 Å². The lowest BCUT2D eigenvalue weighted by Gasteiger charge is -2.08. The van der Waals surface area contributed by atoms with Crippen LogP contribution in [-0.4, -0.2) is 13.0 Å². The van der Waals surface area contributed by atoms with E-state index in [1.807, 2.05) is 12.1 Å². The van der Waals surface area contributed by atoms with Gasteiger partial charge in [-0.05, 0) is 24.0 Å². The van der Waals surface area contributed by atoms with Crippen molar-refractivity contribution >= 4 is 5.91 Å². The number of nitrogens with one attached hydrogen (secondary N) is 1. The van der Waals surface area contributed by atoms with Crippen LogP contribution in [0.4, 0.5) is 0 Å². The predicted molar refractivity (Wildman–Crippen MR) is 51.6 cm³/mol. The molecule has 13 heavy (non-hydrogen) atoms. The predicted octanol–water partition coefficient (Wildman–Crippen LogP) is 1.46. The molecule has 1 aromatic rings. The van der Waals surface area contributed by atoms with Crippen LogP contribution < -0.4 is 5.32 Å². The SMILES string of the molecule is CNC(=O)C1CCc2ccccc21. The topological polar surface area (TPSA) is 29.1 Å². The number of hydrogen-bond acceptors (Lipinski definition) is 1. The van der Waals surface area contributed by atoms with Crippen LogP contribution in [0.2, 0.25) is 0 Å². The van der Waals surface area contributed by atoms with Gasteiger partial charge in [-0.3, -0.25) is 4.79 Å². The quantitative estimate of drug-likeness (QED) is 0.688. The minimum Gasteiger partial charge on any atom is -0.359 e. The summed E-state index contributed by atoms with van der Waals surface area (Å²) < 4.78 is 0. The summed E-state index contributed by atoms with van der Waals surface area (Å²) in [5.74, 6) is 0.228. The molecule has 0 radical (unpaired) electrons. The summed E-state index contributed by atoms with van der Waals surface area (Å²) in [5, 5.41) is 2.71. The Morgan fingerprint density at radius 1 is 1.46 bits per heavy atom. The van der Waals surface area contributed by atoms with Crippen LogP contribution in [0, 0.1) is 0 Å². The van der Waals surface area contributed by atoms with E-state index in [1.54, 1.807) is 7.05 Å². The van der Waals surface area contributed by atoms with Gasteiger partial charge in [-0.15, -0.1) is 0 Å². The maximum Gasteiger partial charge on any atom is 0.227 e. The minimum absolute atomic E-state index is 0.0844. The maximum absolute atomic E-state index is 11.5. The number of hydrogen-bond donors (Lipinski definition) is 1. The van der Waals surface area contributed by atoms with Crippen molar-refractivity contribution in [2.24, 2.45) is 0 Å². The zero-order valence-electron chi connectivity index (χ0n) is 7.71. The largest absolute Gasteiger partial charge is 0.359 e. The molecule has 0 fully saturated rings. The molecule has 1 unspecified atom stereocenters. The van der Waals surface area contributed by atoms with Gasteiger partial charge in [-0.25, -0.2) is 0 Å². The molecule has 2 rings (SSSR count). The van der Waals surface area contributed by atoms with Crippen molar-refractivity contribution in [2.75, 3.05) is 7.05 Å². The van der Waals surface area contributed by atoms with E-state index < -0.39 is 0 Å². The third-order valence-electron chi connectivity index (χ3n) is 2.70. The van der Waals surface area contributed by atoms with E-state index >= 15 is 0 Å². The molecule has 0 saturated heterocycles. The summed E-state index contributed by atoms with van der Waals surface area (Å²) >= 11 is 0. The highest BCUT2D eigenvalue weighted by molar-refractivity contribution is 5.84. The van der Waals surface area contributed by atoms with E-state index in [9.17, 15) is 4.79 Å². The van der Waals surface area contributed by atoms with Gasteiger partial charge in [0.2, 0.25) is 5.91 Å². The Kier molecular flexibility index (Phi) is 2.05. The fourth-order valence-electron chi connectivity index (χ4n) is 2.00. The summed E-state index contributed by atoms with van der Waals surface area (Å²) in [6, 6.07) is 8.20. The van der Waals surface area contributed by atoms with Gasteiger partial charge in [0.25, 0.3) is 0 Å². The van der Waals surface area contributed by atoms with Crippen LogP contribution in [0.5, 0.6) is 0 Å². The van der Waals surface area contributed by atoms with Crippen LogP contribution in [0.25, 0.3) is 0 Å². The number of rotatable bonds is 1. The van der Waals surface area contributed by atoms with Gasteiger partial charge in [0.1, 0.15) is 0 Å². The molecule has 68 valence electrons. The number of benzene rings is 1. The third kappa shape index (κ3) is 1.32. The number of carbonyl (C=O) groups is 1. The maximum atomic E-state index is 11.5. The molecule has 1 amide bonds. The standard InChI is InChI=1S/C11H13NO/c1-12-11(13)10-7-6-8-4-2-3-5-9(8)10/h2-5,10H,6-7H2,1H3,(H,12,13). The summed E-state index contributed by atoms with van der Waals surface area (Å²) in [7, 11) is 1.70. The van der Waals surface area contributed by atoms with Gasteiger partial charge >= 0.3 is 0 Å². The number of likely N-dealkylation sites (N-methyl/N-ethyl adjacent to an activating group) is 1. The van der Waals surface area contributed by atoms with Crippen molar-refractivity contribution in [2.45, 2.75) is 18.8 Å². The van der Waals surface area contributed by atoms with Gasteiger partial charge < -0.3 is 5.32 Å². The van der Waals surface area contributed by atoms with Crippen LogP contribution in [0.15, 0.2) is 24.3 Å². The van der Waals surface area contributed by atoms with Crippen molar-refractivity contribution in [3.8, 4) is 0 Å². The van der Waals surface area contributed by atoms with E-state index in [4.69, 9.17) is 0 Å². The normalized spacial score (nSPS) is 19.6. The molecule has 1 aliphatic rings. The molecule has 0 aliphatic heterocycles. The number of aryl methyl sites for hydroxylation is 1. The molecular formula is C11H13NO. The van der Waals surface area contributed by atoms with Gasteiger partial charge in [0.15, 0.2) is 0 Å². The third-order valence-corrected chi connectivity index (χ3v) is 2.70. The summed E-state index contributed by atoms with van der Waals surface area (Å²) in [6.07, 6.45) is 1.99. The van der Waals surface area contributed by atoms with Gasteiger partial charge in [0, 0.05) is 7.05 Å². The van der Waals surface area contributed by atoms with E-state index in [1.165, 1.54) is 11.1 Å². The fraction of sp³-hybridized carbons (Fsp3) is 0.364. The lowest BCUT2D eigenvalue weighted by atomic mass is 10.0. The molecule has 1 N–H and O–H groups in total. The van der Waals surface area contributed by atoms with Gasteiger partial charge in [0.05, 0.1) is 5.92 Å². The average Bonchev–Trinajstić information content (AvgIpc) is 2.60. The summed E-state index contributed by atoms with van der Waals surface area (Å²) in [5.41, 5.74) is 2.54. The molecule has 1 aliphatic carbocycles. The average molecular weight is 175 g/mol. The van der Waals surface area contributed by atoms with E-state index in [2.05, 4.69) is 17.4 Å². The Morgan fingerprint density at radius 2 is 2.23 bits per heavy atom. The van der Waals surface area contributed by atoms with Crippen molar-refractivity contribution in [1.82, 2.24) is 5.32 Å². The molecule has 0 aromatic heterocycles. The molecule has 0 heterocycles. The first-order valence-corrected chi connectivity index (χ1v) is 4.62. The Morgan fingerprint density at radius 3 is 3.00 bits per heavy atom. The highest BCUT2D eigenvalue weighted by Gasteiger charge is 2.26. The number of amides is 1. The van der Waals surface area contributed by atoms with Crippen LogP contribution in [0.1, 0.15) is 23.5 Å². The monoisotopic (exact) mass is 175 g/mol. The molecule has 0 spiro atoms. The highest BCUT2D eigenvalue weighted by atomic mass is 16.1. The van der Waals surface area contributed by atoms with E-state index in [0.29, 0.717) is 0 Å². The Balaban J connectivity index is 2.33. The lowest BCUT2D eigenvalue weighted by Crippen LogP contribution is -2.24. The van der Waals surface area contributed by atoms with Gasteiger partial charge in [-0.1, -0.05) is 24.3 Å². The van der Waals surface area contributed by atoms with E-state index in [0.717, 1.165) is 12.8 Å². The lowest BCUT2D eigenvalue weighted by molar-refractivity contribution is -0.122. The molecule has 1 atom stereocenters. The van der Waals surface area contributed by atoms with Crippen molar-refractivity contribution in [3.63, 3.8) is 0 Å². The second-order valence-electron chi connectivity index (χ2n) is 3.40. The fourth-order valence-corrected chi connectivity index (χ4v) is 2.00. The first-order valence-electron chi connectivity index (χ1n) is 4.62. The molecule has 0 bridgehead atoms. The second kappa shape index (κ2) is 3.21. The van der Waals surface area contributed by atoms with Crippen LogP contribution >= 0.6 is 0 Å². The highest BCUT2D eigenvalue weighted by Crippen LogP contribution is 2.32. The first-order chi connectivity index (χ1) is 6.33. The van der Waals surface area contributed by atoms with Crippen molar-refractivity contribution in [1.29, 1.82) is 0 Å². The Hall–Kier alpha value is -1.31. The van der Waals surface area contributed by atoms with Crippen molar-refractivity contribution in [3.05, 3.63) is 35.4 Å². The zero-order chi connectivity index (χ0) is 9.26. The second-order valence-corrected chi connectivity index (χ2v) is 3.40. The number of carbonyl (C=O) groups excluding carboxylic acids is 1. The smallest absolute Gasteiger partial charge is 0.227 e. The van der Waals surface area contributed by atoms with E-state index in [-0.39, 0.29) is 11.8 Å². The summed E-state index contributed by atoms with van der Waals surface area (Å²) in [4.78, 5) is 11.5. The minimum atomic E-state index is 0.0844. The molecular weight excluding hydrogens is 162 g/mol. The molecule has 0 saturated carbocycles. The first kappa shape index (κ1) is 8.30.